The Bertz CT molecular complexity index is 969. The van der Waals surface area contributed by atoms with Crippen molar-refractivity contribution in [3.05, 3.63) is 100 Å². The van der Waals surface area contributed by atoms with Gasteiger partial charge in [-0.15, -0.1) is 0 Å². The van der Waals surface area contributed by atoms with E-state index in [-0.39, 0.29) is 17.5 Å². The van der Waals surface area contributed by atoms with E-state index in [1.54, 1.807) is 48.5 Å². The predicted molar refractivity (Wildman–Crippen MR) is 109 cm³/mol. The molecule has 0 bridgehead atoms. The van der Waals surface area contributed by atoms with Crippen molar-refractivity contribution in [3.63, 3.8) is 0 Å². The smallest absolute Gasteiger partial charge is 0.255 e. The van der Waals surface area contributed by atoms with Gasteiger partial charge in [0, 0.05) is 29.1 Å². The summed E-state index contributed by atoms with van der Waals surface area (Å²) < 4.78 is 12.9. The molecule has 3 aromatic rings. The molecular weight excluding hydrogens is 377 g/mol. The molecule has 0 aliphatic rings. The Hall–Kier alpha value is -2.98. The fraction of sp³-hybridized carbons (Fsp3) is 0.130. The monoisotopic (exact) mass is 395 g/mol. The Morgan fingerprint density at radius 1 is 0.893 bits per heavy atom. The van der Waals surface area contributed by atoms with Gasteiger partial charge in [0.1, 0.15) is 11.6 Å². The maximum Gasteiger partial charge on any atom is 0.255 e. The lowest BCUT2D eigenvalue weighted by atomic mass is 10.0. The van der Waals surface area contributed by atoms with Crippen molar-refractivity contribution in [1.82, 2.24) is 0 Å². The number of benzene rings is 3. The van der Waals surface area contributed by atoms with Gasteiger partial charge in [-0.3, -0.25) is 9.59 Å². The average molecular weight is 396 g/mol. The molecule has 0 unspecified atom stereocenters. The van der Waals surface area contributed by atoms with E-state index in [9.17, 15) is 14.0 Å². The number of halogens is 2. The van der Waals surface area contributed by atoms with E-state index >= 15 is 0 Å². The fourth-order valence-electron chi connectivity index (χ4n) is 2.79. The Labute approximate surface area is 168 Å². The predicted octanol–water partition coefficient (Wildman–Crippen LogP) is 5.48. The highest BCUT2D eigenvalue weighted by atomic mass is 35.5. The minimum Gasteiger partial charge on any atom is -0.322 e. The molecule has 142 valence electrons. The molecule has 0 aliphatic heterocycles. The number of amides is 1. The molecule has 3 nitrogen and oxygen atoms in total. The van der Waals surface area contributed by atoms with Crippen LogP contribution >= 0.6 is 11.6 Å². The molecule has 0 saturated carbocycles. The third-order valence-electron chi connectivity index (χ3n) is 4.31. The summed E-state index contributed by atoms with van der Waals surface area (Å²) in [4.78, 5) is 24.4. The Morgan fingerprint density at radius 2 is 1.57 bits per heavy atom. The number of Topliss-reactive ketones (excluding diaryl/α,β-unsaturated/α-hetero) is 1. The minimum absolute atomic E-state index is 0.111. The van der Waals surface area contributed by atoms with Gasteiger partial charge >= 0.3 is 0 Å². The zero-order valence-electron chi connectivity index (χ0n) is 15.1. The van der Waals surface area contributed by atoms with E-state index in [4.69, 9.17) is 11.6 Å². The van der Waals surface area contributed by atoms with E-state index in [1.165, 1.54) is 12.1 Å². The largest absolute Gasteiger partial charge is 0.322 e. The van der Waals surface area contributed by atoms with Crippen LogP contribution < -0.4 is 5.32 Å². The summed E-state index contributed by atoms with van der Waals surface area (Å²) in [5.41, 5.74) is 2.94. The van der Waals surface area contributed by atoms with Crippen LogP contribution in [0.25, 0.3) is 0 Å². The van der Waals surface area contributed by atoms with Crippen LogP contribution in [0.5, 0.6) is 0 Å². The summed E-state index contributed by atoms with van der Waals surface area (Å²) in [6.45, 7) is 0. The Kier molecular flexibility index (Phi) is 6.56. The topological polar surface area (TPSA) is 46.2 Å². The van der Waals surface area contributed by atoms with Crippen molar-refractivity contribution >= 4 is 29.0 Å². The maximum absolute atomic E-state index is 12.9. The standard InChI is InChI=1S/C23H19ClFNO2/c24-19-3-1-2-18(15-19)23(28)26-21-11-6-17(7-12-21)14-22(27)13-8-16-4-9-20(25)10-5-16/h1-7,9-12,15H,8,13-14H2,(H,26,28). The van der Waals surface area contributed by atoms with Crippen molar-refractivity contribution in [1.29, 1.82) is 0 Å². The summed E-state index contributed by atoms with van der Waals surface area (Å²) >= 11 is 5.90. The molecule has 3 aromatic carbocycles. The molecule has 0 atom stereocenters. The number of anilines is 1. The molecule has 1 amide bonds. The minimum atomic E-state index is -0.280. The van der Waals surface area contributed by atoms with Crippen LogP contribution in [0.1, 0.15) is 27.9 Å². The fourth-order valence-corrected chi connectivity index (χ4v) is 2.98. The van der Waals surface area contributed by atoms with Crippen LogP contribution in [0.2, 0.25) is 5.02 Å². The lowest BCUT2D eigenvalue weighted by molar-refractivity contribution is -0.118. The van der Waals surface area contributed by atoms with Gasteiger partial charge in [0.05, 0.1) is 0 Å². The Balaban J connectivity index is 1.51. The van der Waals surface area contributed by atoms with Crippen molar-refractivity contribution in [3.8, 4) is 0 Å². The second-order valence-corrected chi connectivity index (χ2v) is 6.94. The molecule has 0 aliphatic carbocycles. The van der Waals surface area contributed by atoms with Gasteiger partial charge in [0.25, 0.3) is 5.91 Å². The zero-order valence-corrected chi connectivity index (χ0v) is 15.9. The first-order valence-corrected chi connectivity index (χ1v) is 9.29. The summed E-state index contributed by atoms with van der Waals surface area (Å²) in [5, 5.41) is 3.31. The van der Waals surface area contributed by atoms with E-state index in [2.05, 4.69) is 5.32 Å². The molecule has 0 heterocycles. The number of ketones is 1. The van der Waals surface area contributed by atoms with Crippen molar-refractivity contribution < 1.29 is 14.0 Å². The summed E-state index contributed by atoms with van der Waals surface area (Å²) in [7, 11) is 0. The van der Waals surface area contributed by atoms with Crippen molar-refractivity contribution in [2.75, 3.05) is 5.32 Å². The van der Waals surface area contributed by atoms with Gasteiger partial charge in [-0.2, -0.15) is 0 Å². The zero-order chi connectivity index (χ0) is 19.9. The highest BCUT2D eigenvalue weighted by molar-refractivity contribution is 6.31. The van der Waals surface area contributed by atoms with E-state index in [1.807, 2.05) is 12.1 Å². The number of aryl methyl sites for hydroxylation is 1. The Morgan fingerprint density at radius 3 is 2.25 bits per heavy atom. The van der Waals surface area contributed by atoms with Crippen LogP contribution in [0.4, 0.5) is 10.1 Å². The molecule has 0 saturated heterocycles. The number of carbonyl (C=O) groups excluding carboxylic acids is 2. The number of hydrogen-bond acceptors (Lipinski definition) is 2. The molecule has 0 aromatic heterocycles. The highest BCUT2D eigenvalue weighted by Crippen LogP contribution is 2.15. The second kappa shape index (κ2) is 9.29. The maximum atomic E-state index is 12.9. The van der Waals surface area contributed by atoms with E-state index < -0.39 is 0 Å². The normalized spacial score (nSPS) is 10.5. The first-order valence-electron chi connectivity index (χ1n) is 8.91. The SMILES string of the molecule is O=C(CCc1ccc(F)cc1)Cc1ccc(NC(=O)c2cccc(Cl)c2)cc1. The summed E-state index contributed by atoms with van der Waals surface area (Å²) in [5.74, 6) is -0.414. The molecule has 0 fully saturated rings. The molecular formula is C23H19ClFNO2. The van der Waals surface area contributed by atoms with E-state index in [0.717, 1.165) is 11.1 Å². The third-order valence-corrected chi connectivity index (χ3v) is 4.54. The quantitative estimate of drug-likeness (QED) is 0.576. The molecule has 28 heavy (non-hydrogen) atoms. The number of hydrogen-bond donors (Lipinski definition) is 1. The van der Waals surface area contributed by atoms with Crippen LogP contribution in [-0.2, 0) is 17.6 Å². The lowest BCUT2D eigenvalue weighted by Crippen LogP contribution is -2.11. The van der Waals surface area contributed by atoms with Crippen LogP contribution in [0.3, 0.4) is 0 Å². The number of carbonyl (C=O) groups is 2. The van der Waals surface area contributed by atoms with Gasteiger partial charge in [-0.25, -0.2) is 4.39 Å². The molecule has 0 radical (unpaired) electrons. The molecule has 5 heteroatoms. The molecule has 0 spiro atoms. The third kappa shape index (κ3) is 5.76. The first kappa shape index (κ1) is 19.8. The highest BCUT2D eigenvalue weighted by Gasteiger charge is 2.08. The van der Waals surface area contributed by atoms with Crippen LogP contribution in [0, 0.1) is 5.82 Å². The van der Waals surface area contributed by atoms with Crippen molar-refractivity contribution in [2.45, 2.75) is 19.3 Å². The van der Waals surface area contributed by atoms with Gasteiger partial charge in [0.2, 0.25) is 0 Å². The molecule has 1 N–H and O–H groups in total. The van der Waals surface area contributed by atoms with E-state index in [0.29, 0.717) is 35.5 Å². The summed E-state index contributed by atoms with van der Waals surface area (Å²) in [6.07, 6.45) is 1.31. The van der Waals surface area contributed by atoms with Crippen LogP contribution in [0.15, 0.2) is 72.8 Å². The van der Waals surface area contributed by atoms with Gasteiger partial charge in [0.15, 0.2) is 0 Å². The number of rotatable bonds is 7. The van der Waals surface area contributed by atoms with Crippen molar-refractivity contribution in [2.24, 2.45) is 0 Å². The summed E-state index contributed by atoms with van der Waals surface area (Å²) in [6, 6.07) is 20.1. The second-order valence-electron chi connectivity index (χ2n) is 6.50. The van der Waals surface area contributed by atoms with Gasteiger partial charge < -0.3 is 5.32 Å². The molecule has 3 rings (SSSR count). The number of nitrogens with one attached hydrogen (secondary N) is 1. The average Bonchev–Trinajstić information content (AvgIpc) is 2.69. The lowest BCUT2D eigenvalue weighted by Gasteiger charge is -2.07. The van der Waals surface area contributed by atoms with Crippen LogP contribution in [-0.4, -0.2) is 11.7 Å². The van der Waals surface area contributed by atoms with Gasteiger partial charge in [-0.1, -0.05) is 41.9 Å². The first-order chi connectivity index (χ1) is 13.5. The van der Waals surface area contributed by atoms with Gasteiger partial charge in [-0.05, 0) is 60.0 Å².